The normalized spacial score (nSPS) is 16.6. The maximum absolute atomic E-state index is 12.8. The number of benzene rings is 1. The maximum atomic E-state index is 12.8. The first-order chi connectivity index (χ1) is 10.6. The van der Waals surface area contributed by atoms with Gasteiger partial charge < -0.3 is 5.11 Å². The van der Waals surface area contributed by atoms with Gasteiger partial charge in [0.05, 0.1) is 24.7 Å². The summed E-state index contributed by atoms with van der Waals surface area (Å²) in [5.74, 6) is 0.346. The van der Waals surface area contributed by atoms with Gasteiger partial charge in [-0.25, -0.2) is 9.36 Å². The Morgan fingerprint density at radius 2 is 2.18 bits per heavy atom. The molecular weight excluding hydrogens is 298 g/mol. The standard InChI is InChI=1S/C16H13N3O2S/c1-18-14(20)13(11-6-3-2-4-7-11)15(21)19-12(8-5-9-17)10-22-16(18)19/h2-8,12H,10H2,1H3/b8-5+. The van der Waals surface area contributed by atoms with Crippen molar-refractivity contribution >= 4 is 11.8 Å². The minimum Gasteiger partial charge on any atom is -0.842 e. The van der Waals surface area contributed by atoms with Crippen LogP contribution in [-0.2, 0) is 7.05 Å². The lowest BCUT2D eigenvalue weighted by Gasteiger charge is -2.15. The maximum Gasteiger partial charge on any atom is 0.345 e. The van der Waals surface area contributed by atoms with Gasteiger partial charge >= 0.3 is 10.7 Å². The number of aromatic nitrogens is 2. The Kier molecular flexibility index (Phi) is 3.73. The van der Waals surface area contributed by atoms with Gasteiger partial charge in [0, 0.05) is 6.08 Å². The van der Waals surface area contributed by atoms with Crippen LogP contribution in [0.3, 0.4) is 0 Å². The highest BCUT2D eigenvalue weighted by atomic mass is 32.2. The van der Waals surface area contributed by atoms with E-state index < -0.39 is 0 Å². The number of allylic oxidation sites excluding steroid dienone is 2. The molecule has 110 valence electrons. The topological polar surface area (TPSA) is 72.7 Å². The van der Waals surface area contributed by atoms with E-state index in [0.29, 0.717) is 16.5 Å². The minimum atomic E-state index is -0.304. The quantitative estimate of drug-likeness (QED) is 0.474. The summed E-state index contributed by atoms with van der Waals surface area (Å²) in [6, 6.07) is 10.7. The van der Waals surface area contributed by atoms with Crippen molar-refractivity contribution in [2.24, 2.45) is 7.05 Å². The van der Waals surface area contributed by atoms with Crippen LogP contribution in [0, 0.1) is 11.3 Å². The van der Waals surface area contributed by atoms with Gasteiger partial charge in [0.15, 0.2) is 0 Å². The Labute approximate surface area is 131 Å². The molecule has 1 unspecified atom stereocenters. The van der Waals surface area contributed by atoms with E-state index in [2.05, 4.69) is 0 Å². The lowest BCUT2D eigenvalue weighted by atomic mass is 10.1. The first-order valence-electron chi connectivity index (χ1n) is 6.75. The summed E-state index contributed by atoms with van der Waals surface area (Å²) >= 11 is 1.45. The zero-order chi connectivity index (χ0) is 15.7. The summed E-state index contributed by atoms with van der Waals surface area (Å²) < 4.78 is 3.11. The lowest BCUT2D eigenvalue weighted by molar-refractivity contribution is -0.751. The van der Waals surface area contributed by atoms with Crippen molar-refractivity contribution in [2.45, 2.75) is 11.2 Å². The predicted molar refractivity (Wildman–Crippen MR) is 81.3 cm³/mol. The second-order valence-electron chi connectivity index (χ2n) is 4.93. The number of hydrogen-bond donors (Lipinski definition) is 0. The van der Waals surface area contributed by atoms with Crippen molar-refractivity contribution in [1.29, 1.82) is 5.26 Å². The van der Waals surface area contributed by atoms with Crippen molar-refractivity contribution in [3.63, 3.8) is 0 Å². The van der Waals surface area contributed by atoms with E-state index in [9.17, 15) is 9.90 Å². The van der Waals surface area contributed by atoms with E-state index in [1.54, 1.807) is 42.0 Å². The number of rotatable bonds is 2. The Hall–Kier alpha value is -2.52. The highest BCUT2D eigenvalue weighted by molar-refractivity contribution is 7.99. The monoisotopic (exact) mass is 311 g/mol. The molecule has 0 bridgehead atoms. The first-order valence-corrected chi connectivity index (χ1v) is 7.73. The van der Waals surface area contributed by atoms with Crippen molar-refractivity contribution < 1.29 is 9.67 Å². The molecule has 6 heteroatoms. The molecule has 1 atom stereocenters. The van der Waals surface area contributed by atoms with Crippen LogP contribution in [0.15, 0.2) is 52.4 Å². The molecule has 22 heavy (non-hydrogen) atoms. The number of nitrogens with zero attached hydrogens (tertiary/aromatic N) is 3. The molecule has 1 aliphatic rings. The molecule has 0 amide bonds. The van der Waals surface area contributed by atoms with E-state index in [4.69, 9.17) is 5.26 Å². The first kappa shape index (κ1) is 14.4. The third-order valence-corrected chi connectivity index (χ3v) is 4.85. The van der Waals surface area contributed by atoms with E-state index in [1.165, 1.54) is 22.4 Å². The fraction of sp³-hybridized carbons (Fsp3) is 0.188. The van der Waals surface area contributed by atoms with E-state index in [0.717, 1.165) is 0 Å². The van der Waals surface area contributed by atoms with Crippen molar-refractivity contribution in [3.8, 4) is 23.1 Å². The highest BCUT2D eigenvalue weighted by Gasteiger charge is 2.34. The second kappa shape index (κ2) is 5.70. The molecule has 2 aromatic rings. The van der Waals surface area contributed by atoms with Crippen molar-refractivity contribution in [3.05, 3.63) is 52.8 Å². The van der Waals surface area contributed by atoms with Crippen LogP contribution >= 0.6 is 11.8 Å². The summed E-state index contributed by atoms with van der Waals surface area (Å²) in [4.78, 5) is 12.8. The molecule has 5 nitrogen and oxygen atoms in total. The molecule has 0 fully saturated rings. The van der Waals surface area contributed by atoms with Crippen LogP contribution in [0.1, 0.15) is 6.04 Å². The van der Waals surface area contributed by atoms with Crippen molar-refractivity contribution in [2.75, 3.05) is 5.75 Å². The lowest BCUT2D eigenvalue weighted by Crippen LogP contribution is -2.43. The molecule has 1 aromatic heterocycles. The molecule has 0 saturated heterocycles. The predicted octanol–water partition coefficient (Wildman–Crippen LogP) is 1.14. The molecule has 3 rings (SSSR count). The van der Waals surface area contributed by atoms with Gasteiger partial charge in [-0.2, -0.15) is 9.83 Å². The molecular formula is C16H13N3O2S. The van der Waals surface area contributed by atoms with Crippen LogP contribution in [0.5, 0.6) is 5.88 Å². The number of hydrogen-bond acceptors (Lipinski definition) is 4. The van der Waals surface area contributed by atoms with Gasteiger partial charge in [0.25, 0.3) is 0 Å². The molecule has 1 aromatic carbocycles. The van der Waals surface area contributed by atoms with Gasteiger partial charge in [0.2, 0.25) is 0 Å². The fourth-order valence-electron chi connectivity index (χ4n) is 2.56. The van der Waals surface area contributed by atoms with Crippen LogP contribution < -0.4 is 15.2 Å². The van der Waals surface area contributed by atoms with Gasteiger partial charge in [-0.05, 0) is 23.4 Å². The van der Waals surface area contributed by atoms with Crippen LogP contribution in [0.2, 0.25) is 0 Å². The largest absolute Gasteiger partial charge is 0.842 e. The number of fused-ring (bicyclic) bond motifs is 1. The van der Waals surface area contributed by atoms with Gasteiger partial charge in [-0.3, -0.25) is 0 Å². The number of nitriles is 1. The second-order valence-corrected chi connectivity index (χ2v) is 5.92. The average molecular weight is 311 g/mol. The molecule has 0 N–H and O–H groups in total. The SMILES string of the molecule is C[n+]1c([O-])c(-c2ccccc2)c(=O)n2c1SCC2/C=C/C#N. The summed E-state index contributed by atoms with van der Waals surface area (Å²) in [7, 11) is 1.67. The molecule has 0 spiro atoms. The summed E-state index contributed by atoms with van der Waals surface area (Å²) in [5.41, 5.74) is 0.481. The summed E-state index contributed by atoms with van der Waals surface area (Å²) in [6.07, 6.45) is 3.07. The molecule has 0 aliphatic carbocycles. The number of thioether (sulfide) groups is 1. The van der Waals surface area contributed by atoms with Gasteiger partial charge in [-0.1, -0.05) is 30.3 Å². The highest BCUT2D eigenvalue weighted by Crippen LogP contribution is 2.32. The van der Waals surface area contributed by atoms with Crippen LogP contribution in [-0.4, -0.2) is 10.3 Å². The zero-order valence-corrected chi connectivity index (χ0v) is 12.7. The third-order valence-electron chi connectivity index (χ3n) is 3.61. The van der Waals surface area contributed by atoms with Gasteiger partial charge in [0.1, 0.15) is 11.6 Å². The third kappa shape index (κ3) is 2.20. The minimum absolute atomic E-state index is 0.171. The Bertz CT molecular complexity index is 850. The van der Waals surface area contributed by atoms with E-state index >= 15 is 0 Å². The summed E-state index contributed by atoms with van der Waals surface area (Å²) in [6.45, 7) is 0. The molecule has 0 saturated carbocycles. The smallest absolute Gasteiger partial charge is 0.345 e. The Morgan fingerprint density at radius 1 is 1.45 bits per heavy atom. The van der Waals surface area contributed by atoms with E-state index in [-0.39, 0.29) is 23.0 Å². The molecule has 2 heterocycles. The molecule has 1 aliphatic heterocycles. The van der Waals surface area contributed by atoms with E-state index in [1.807, 2.05) is 12.1 Å². The average Bonchev–Trinajstić information content (AvgIpc) is 2.96. The molecule has 0 radical (unpaired) electrons. The zero-order valence-electron chi connectivity index (χ0n) is 11.9. The summed E-state index contributed by atoms with van der Waals surface area (Å²) in [5, 5.41) is 21.9. The van der Waals surface area contributed by atoms with Crippen LogP contribution in [0.4, 0.5) is 0 Å². The Balaban J connectivity index is 2.28. The van der Waals surface area contributed by atoms with Crippen LogP contribution in [0.25, 0.3) is 11.1 Å². The van der Waals surface area contributed by atoms with Crippen molar-refractivity contribution in [1.82, 2.24) is 4.57 Å². The Morgan fingerprint density at radius 3 is 2.86 bits per heavy atom. The van der Waals surface area contributed by atoms with Gasteiger partial charge in [-0.15, -0.1) is 0 Å². The fourth-order valence-corrected chi connectivity index (χ4v) is 3.77.